The van der Waals surface area contributed by atoms with E-state index in [1.807, 2.05) is 18.2 Å². The van der Waals surface area contributed by atoms with Crippen molar-refractivity contribution < 1.29 is 28.5 Å². The molecule has 0 heterocycles. The molecule has 7 heteroatoms. The summed E-state index contributed by atoms with van der Waals surface area (Å²) in [5.74, 6) is 1.39. The standard InChI is InChI=1S/C19H21BrO6/c1-12(21)26-19(13-5-7-14(23-3)8-6-13)15-9-16(20)18(24-4)10-17(15)25-11-22-2/h5-10,19H,11H2,1-4H3. The fourth-order valence-electron chi connectivity index (χ4n) is 2.41. The molecule has 1 unspecified atom stereocenters. The molecular formula is C19H21BrO6. The Hall–Kier alpha value is -2.25. The van der Waals surface area contributed by atoms with Crippen LogP contribution in [0, 0.1) is 0 Å². The molecule has 26 heavy (non-hydrogen) atoms. The Morgan fingerprint density at radius 2 is 1.73 bits per heavy atom. The third-order valence-electron chi connectivity index (χ3n) is 3.60. The summed E-state index contributed by atoms with van der Waals surface area (Å²) in [6, 6.07) is 10.8. The van der Waals surface area contributed by atoms with E-state index in [1.54, 1.807) is 32.4 Å². The number of methoxy groups -OCH3 is 3. The molecule has 0 aliphatic rings. The van der Waals surface area contributed by atoms with Gasteiger partial charge in [0.25, 0.3) is 0 Å². The van der Waals surface area contributed by atoms with E-state index in [9.17, 15) is 4.79 Å². The summed E-state index contributed by atoms with van der Waals surface area (Å²) in [5.41, 5.74) is 1.44. The minimum absolute atomic E-state index is 0.0488. The van der Waals surface area contributed by atoms with E-state index in [2.05, 4.69) is 15.9 Å². The molecule has 2 aromatic carbocycles. The fourth-order valence-corrected chi connectivity index (χ4v) is 2.94. The quantitative estimate of drug-likeness (QED) is 0.469. The fraction of sp³-hybridized carbons (Fsp3) is 0.316. The van der Waals surface area contributed by atoms with E-state index in [4.69, 9.17) is 23.7 Å². The van der Waals surface area contributed by atoms with Gasteiger partial charge in [-0.3, -0.25) is 4.79 Å². The van der Waals surface area contributed by atoms with Crippen molar-refractivity contribution in [3.8, 4) is 17.2 Å². The van der Waals surface area contributed by atoms with Gasteiger partial charge in [0.05, 0.1) is 18.7 Å². The number of carbonyl (C=O) groups is 1. The molecule has 6 nitrogen and oxygen atoms in total. The zero-order chi connectivity index (χ0) is 19.1. The van der Waals surface area contributed by atoms with Gasteiger partial charge < -0.3 is 23.7 Å². The number of benzene rings is 2. The maximum absolute atomic E-state index is 11.7. The normalized spacial score (nSPS) is 11.6. The van der Waals surface area contributed by atoms with Crippen molar-refractivity contribution in [1.29, 1.82) is 0 Å². The van der Waals surface area contributed by atoms with Gasteiger partial charge in [0.1, 0.15) is 17.2 Å². The van der Waals surface area contributed by atoms with Crippen molar-refractivity contribution in [2.75, 3.05) is 28.1 Å². The lowest BCUT2D eigenvalue weighted by molar-refractivity contribution is -0.144. The molecule has 0 aromatic heterocycles. The largest absolute Gasteiger partial charge is 0.497 e. The topological polar surface area (TPSA) is 63.2 Å². The first kappa shape index (κ1) is 20.1. The van der Waals surface area contributed by atoms with Crippen molar-refractivity contribution in [2.24, 2.45) is 0 Å². The lowest BCUT2D eigenvalue weighted by Gasteiger charge is -2.22. The van der Waals surface area contributed by atoms with Gasteiger partial charge in [-0.2, -0.15) is 0 Å². The molecular weight excluding hydrogens is 404 g/mol. The molecule has 0 saturated carbocycles. The number of hydrogen-bond donors (Lipinski definition) is 0. The minimum Gasteiger partial charge on any atom is -0.497 e. The van der Waals surface area contributed by atoms with Crippen molar-refractivity contribution in [1.82, 2.24) is 0 Å². The van der Waals surface area contributed by atoms with E-state index in [0.717, 1.165) is 5.56 Å². The van der Waals surface area contributed by atoms with Crippen LogP contribution >= 0.6 is 15.9 Å². The van der Waals surface area contributed by atoms with Crippen molar-refractivity contribution >= 4 is 21.9 Å². The molecule has 0 aliphatic heterocycles. The molecule has 0 aliphatic carbocycles. The summed E-state index contributed by atoms with van der Waals surface area (Å²) in [4.78, 5) is 11.7. The summed E-state index contributed by atoms with van der Waals surface area (Å²) < 4.78 is 27.5. The van der Waals surface area contributed by atoms with Crippen LogP contribution < -0.4 is 14.2 Å². The second-order valence-corrected chi connectivity index (χ2v) is 6.19. The molecule has 0 N–H and O–H groups in total. The van der Waals surface area contributed by atoms with Crippen molar-refractivity contribution in [3.05, 3.63) is 52.0 Å². The van der Waals surface area contributed by atoms with Crippen LogP contribution in [0.3, 0.4) is 0 Å². The van der Waals surface area contributed by atoms with Gasteiger partial charge >= 0.3 is 5.97 Å². The number of ether oxygens (including phenoxy) is 5. The summed E-state index contributed by atoms with van der Waals surface area (Å²) in [5, 5.41) is 0. The smallest absolute Gasteiger partial charge is 0.303 e. The van der Waals surface area contributed by atoms with E-state index in [1.165, 1.54) is 14.0 Å². The number of halogens is 1. The second-order valence-electron chi connectivity index (χ2n) is 5.34. The number of rotatable bonds is 8. The minimum atomic E-state index is -0.660. The highest BCUT2D eigenvalue weighted by Crippen LogP contribution is 2.40. The van der Waals surface area contributed by atoms with Crippen molar-refractivity contribution in [2.45, 2.75) is 13.0 Å². The highest BCUT2D eigenvalue weighted by Gasteiger charge is 2.24. The summed E-state index contributed by atoms with van der Waals surface area (Å²) in [6.45, 7) is 1.41. The first-order valence-electron chi connectivity index (χ1n) is 7.80. The van der Waals surface area contributed by atoms with E-state index in [0.29, 0.717) is 27.3 Å². The molecule has 2 rings (SSSR count). The Morgan fingerprint density at radius 3 is 2.27 bits per heavy atom. The molecule has 2 aromatic rings. The SMILES string of the molecule is COCOc1cc(OC)c(Br)cc1C(OC(C)=O)c1ccc(OC)cc1. The lowest BCUT2D eigenvalue weighted by atomic mass is 10.00. The highest BCUT2D eigenvalue weighted by atomic mass is 79.9. The Labute approximate surface area is 161 Å². The molecule has 1 atom stereocenters. The van der Waals surface area contributed by atoms with Crippen LogP contribution in [0.5, 0.6) is 17.2 Å². The van der Waals surface area contributed by atoms with Gasteiger partial charge in [-0.25, -0.2) is 0 Å². The van der Waals surface area contributed by atoms with E-state index in [-0.39, 0.29) is 6.79 Å². The van der Waals surface area contributed by atoms with Crippen LogP contribution in [0.25, 0.3) is 0 Å². The Morgan fingerprint density at radius 1 is 1.04 bits per heavy atom. The van der Waals surface area contributed by atoms with Crippen LogP contribution in [-0.4, -0.2) is 34.1 Å². The van der Waals surface area contributed by atoms with E-state index >= 15 is 0 Å². The maximum Gasteiger partial charge on any atom is 0.303 e. The Balaban J connectivity index is 2.54. The third kappa shape index (κ3) is 4.89. The average Bonchev–Trinajstić information content (AvgIpc) is 2.65. The van der Waals surface area contributed by atoms with Gasteiger partial charge in [-0.05, 0) is 39.7 Å². The first-order chi connectivity index (χ1) is 12.5. The zero-order valence-corrected chi connectivity index (χ0v) is 16.7. The van der Waals surface area contributed by atoms with Crippen LogP contribution in [-0.2, 0) is 14.3 Å². The molecule has 0 radical (unpaired) electrons. The van der Waals surface area contributed by atoms with Gasteiger partial charge in [-0.15, -0.1) is 0 Å². The molecule has 0 bridgehead atoms. The summed E-state index contributed by atoms with van der Waals surface area (Å²) in [6.07, 6.45) is -0.660. The van der Waals surface area contributed by atoms with Gasteiger partial charge in [-0.1, -0.05) is 12.1 Å². The van der Waals surface area contributed by atoms with Crippen LogP contribution in [0.4, 0.5) is 0 Å². The predicted octanol–water partition coefficient (Wildman–Crippen LogP) is 4.10. The first-order valence-corrected chi connectivity index (χ1v) is 8.59. The van der Waals surface area contributed by atoms with Gasteiger partial charge in [0, 0.05) is 25.7 Å². The Kier molecular flexibility index (Phi) is 7.29. The zero-order valence-electron chi connectivity index (χ0n) is 15.1. The molecule has 0 saturated heterocycles. The van der Waals surface area contributed by atoms with Crippen LogP contribution in [0.1, 0.15) is 24.2 Å². The summed E-state index contributed by atoms with van der Waals surface area (Å²) in [7, 11) is 4.69. The van der Waals surface area contributed by atoms with Gasteiger partial charge in [0.15, 0.2) is 12.9 Å². The van der Waals surface area contributed by atoms with Crippen molar-refractivity contribution in [3.63, 3.8) is 0 Å². The number of hydrogen-bond acceptors (Lipinski definition) is 6. The maximum atomic E-state index is 11.7. The summed E-state index contributed by atoms with van der Waals surface area (Å²) >= 11 is 3.47. The molecule has 0 fully saturated rings. The average molecular weight is 425 g/mol. The highest BCUT2D eigenvalue weighted by molar-refractivity contribution is 9.10. The van der Waals surface area contributed by atoms with E-state index < -0.39 is 12.1 Å². The van der Waals surface area contributed by atoms with Gasteiger partial charge in [0.2, 0.25) is 0 Å². The molecule has 0 amide bonds. The Bertz CT molecular complexity index is 744. The monoisotopic (exact) mass is 424 g/mol. The lowest BCUT2D eigenvalue weighted by Crippen LogP contribution is -2.13. The van der Waals surface area contributed by atoms with Crippen LogP contribution in [0.15, 0.2) is 40.9 Å². The predicted molar refractivity (Wildman–Crippen MR) is 99.8 cm³/mol. The number of carbonyl (C=O) groups excluding carboxylic acids is 1. The third-order valence-corrected chi connectivity index (χ3v) is 4.22. The molecule has 0 spiro atoms. The molecule has 140 valence electrons. The number of esters is 1. The second kappa shape index (κ2) is 9.45. The van der Waals surface area contributed by atoms with Crippen LogP contribution in [0.2, 0.25) is 0 Å².